The molecule has 1 aliphatic carbocycles. The summed E-state index contributed by atoms with van der Waals surface area (Å²) in [6, 6.07) is 8.31. The smallest absolute Gasteiger partial charge is 0.259 e. The molecule has 6 nitrogen and oxygen atoms in total. The maximum absolute atomic E-state index is 12.7. The van der Waals surface area contributed by atoms with Crippen LogP contribution in [0.3, 0.4) is 0 Å². The van der Waals surface area contributed by atoms with E-state index in [2.05, 4.69) is 22.1 Å². The highest BCUT2D eigenvalue weighted by molar-refractivity contribution is 7.99. The monoisotopic (exact) mass is 497 g/mol. The molecule has 0 saturated carbocycles. The minimum atomic E-state index is -0.0250. The number of rotatable bonds is 8. The Balaban J connectivity index is 1.06. The molecule has 1 N–H and O–H groups in total. The number of carbonyl (C=O) groups is 1. The number of nitrogens with one attached hydrogen (secondary N) is 1. The molecule has 8 heteroatoms. The van der Waals surface area contributed by atoms with E-state index in [0.717, 1.165) is 74.0 Å². The molecule has 0 atom stereocenters. The molecule has 0 spiro atoms. The molecule has 3 heterocycles. The summed E-state index contributed by atoms with van der Waals surface area (Å²) in [6.07, 6.45) is 7.56. The van der Waals surface area contributed by atoms with Crippen molar-refractivity contribution in [3.63, 3.8) is 0 Å². The van der Waals surface area contributed by atoms with Gasteiger partial charge in [-0.15, -0.1) is 23.1 Å². The fourth-order valence-corrected chi connectivity index (χ4v) is 7.15. The van der Waals surface area contributed by atoms with Crippen LogP contribution in [0, 0.1) is 5.92 Å². The summed E-state index contributed by atoms with van der Waals surface area (Å²) < 4.78 is 5.23. The van der Waals surface area contributed by atoms with E-state index < -0.39 is 0 Å². The van der Waals surface area contributed by atoms with Crippen LogP contribution >= 0.6 is 23.1 Å². The van der Waals surface area contributed by atoms with Gasteiger partial charge in [-0.1, -0.05) is 12.1 Å². The van der Waals surface area contributed by atoms with E-state index in [1.54, 1.807) is 18.4 Å². The van der Waals surface area contributed by atoms with Gasteiger partial charge in [0.1, 0.15) is 16.4 Å². The van der Waals surface area contributed by atoms with Gasteiger partial charge in [0.15, 0.2) is 0 Å². The minimum Gasteiger partial charge on any atom is -0.497 e. The number of hydrogen-bond donors (Lipinski definition) is 1. The summed E-state index contributed by atoms with van der Waals surface area (Å²) in [5.74, 6) is 3.42. The van der Waals surface area contributed by atoms with Gasteiger partial charge in [0, 0.05) is 18.0 Å². The number of aromatic nitrogens is 2. The van der Waals surface area contributed by atoms with Gasteiger partial charge in [0.2, 0.25) is 5.91 Å². The Hall–Kier alpha value is -2.32. The molecule has 1 saturated heterocycles. The number of aromatic amines is 1. The van der Waals surface area contributed by atoms with E-state index in [9.17, 15) is 9.59 Å². The Bertz CT molecular complexity index is 1210. The number of fused-ring (bicyclic) bond motifs is 3. The first-order valence-corrected chi connectivity index (χ1v) is 14.1. The molecule has 0 radical (unpaired) electrons. The standard InChI is InChI=1S/C26H31N3O3S2/c1-32-19-9-7-17(8-10-19)5-6-18-11-13-29(14-12-18)23(30)16-33-15-22-27-25(31)24-20-3-2-4-21(20)34-26(24)28-22/h7-10,18H,2-6,11-16H2,1H3,(H,27,28,31). The fourth-order valence-electron chi connectivity index (χ4n) is 5.08. The number of thiophene rings is 1. The molecule has 3 aromatic rings. The lowest BCUT2D eigenvalue weighted by Gasteiger charge is -2.32. The van der Waals surface area contributed by atoms with Crippen molar-refractivity contribution in [2.24, 2.45) is 5.92 Å². The Morgan fingerprint density at radius 3 is 2.79 bits per heavy atom. The van der Waals surface area contributed by atoms with Crippen molar-refractivity contribution in [2.75, 3.05) is 26.0 Å². The third-order valence-electron chi connectivity index (χ3n) is 7.06. The van der Waals surface area contributed by atoms with Crippen LogP contribution in [-0.4, -0.2) is 46.7 Å². The van der Waals surface area contributed by atoms with Crippen LogP contribution in [0.15, 0.2) is 29.1 Å². The van der Waals surface area contributed by atoms with Crippen LogP contribution in [0.4, 0.5) is 0 Å². The summed E-state index contributed by atoms with van der Waals surface area (Å²) in [6.45, 7) is 1.68. The van der Waals surface area contributed by atoms with Crippen LogP contribution in [0.25, 0.3) is 10.2 Å². The van der Waals surface area contributed by atoms with Crippen molar-refractivity contribution >= 4 is 39.2 Å². The van der Waals surface area contributed by atoms with Crippen LogP contribution in [0.1, 0.15) is 47.5 Å². The number of likely N-dealkylation sites (tertiary alicyclic amines) is 1. The molecule has 1 fully saturated rings. The number of ether oxygens (including phenoxy) is 1. The third-order valence-corrected chi connectivity index (χ3v) is 9.17. The van der Waals surface area contributed by atoms with E-state index in [-0.39, 0.29) is 11.5 Å². The lowest BCUT2D eigenvalue weighted by molar-refractivity contribution is -0.129. The summed E-state index contributed by atoms with van der Waals surface area (Å²) in [4.78, 5) is 37.1. The van der Waals surface area contributed by atoms with Crippen LogP contribution in [0.2, 0.25) is 0 Å². The van der Waals surface area contributed by atoms with Crippen molar-refractivity contribution in [2.45, 2.75) is 50.7 Å². The third kappa shape index (κ3) is 5.18. The van der Waals surface area contributed by atoms with Gasteiger partial charge in [-0.2, -0.15) is 0 Å². The first-order chi connectivity index (χ1) is 16.6. The summed E-state index contributed by atoms with van der Waals surface area (Å²) in [5.41, 5.74) is 2.52. The van der Waals surface area contributed by atoms with Gasteiger partial charge < -0.3 is 14.6 Å². The molecule has 2 aromatic heterocycles. The molecule has 1 aliphatic heterocycles. The summed E-state index contributed by atoms with van der Waals surface area (Å²) >= 11 is 3.20. The number of thioether (sulfide) groups is 1. The van der Waals surface area contributed by atoms with E-state index in [1.807, 2.05) is 17.0 Å². The van der Waals surface area contributed by atoms with Crippen molar-refractivity contribution in [1.29, 1.82) is 0 Å². The highest BCUT2D eigenvalue weighted by atomic mass is 32.2. The van der Waals surface area contributed by atoms with Gasteiger partial charge in [0.25, 0.3) is 5.56 Å². The topological polar surface area (TPSA) is 75.3 Å². The molecule has 0 bridgehead atoms. The number of carbonyl (C=O) groups excluding carboxylic acids is 1. The van der Waals surface area contributed by atoms with Crippen LogP contribution in [-0.2, 0) is 29.8 Å². The highest BCUT2D eigenvalue weighted by Crippen LogP contribution is 2.34. The zero-order valence-corrected chi connectivity index (χ0v) is 21.2. The molecule has 180 valence electrons. The normalized spacial score (nSPS) is 16.2. The molecule has 0 unspecified atom stereocenters. The number of benzene rings is 1. The summed E-state index contributed by atoms with van der Waals surface area (Å²) in [7, 11) is 1.69. The van der Waals surface area contributed by atoms with E-state index >= 15 is 0 Å². The predicted octanol–water partition coefficient (Wildman–Crippen LogP) is 4.59. The average Bonchev–Trinajstić information content (AvgIpc) is 3.44. The fraction of sp³-hybridized carbons (Fsp3) is 0.500. The van der Waals surface area contributed by atoms with E-state index in [1.165, 1.54) is 27.8 Å². The molecule has 5 rings (SSSR count). The minimum absolute atomic E-state index is 0.0250. The number of nitrogens with zero attached hydrogens (tertiary/aromatic N) is 2. The largest absolute Gasteiger partial charge is 0.497 e. The van der Waals surface area contributed by atoms with Gasteiger partial charge in [-0.3, -0.25) is 9.59 Å². The van der Waals surface area contributed by atoms with Crippen molar-refractivity contribution < 1.29 is 9.53 Å². The lowest BCUT2D eigenvalue weighted by atomic mass is 9.90. The maximum atomic E-state index is 12.7. The number of H-pyrrole nitrogens is 1. The Morgan fingerprint density at radius 1 is 1.24 bits per heavy atom. The second-order valence-electron chi connectivity index (χ2n) is 9.25. The Labute approximate surface area is 208 Å². The molecular weight excluding hydrogens is 466 g/mol. The zero-order chi connectivity index (χ0) is 23.5. The Kier molecular flexibility index (Phi) is 7.25. The zero-order valence-electron chi connectivity index (χ0n) is 19.6. The van der Waals surface area contributed by atoms with Crippen LogP contribution < -0.4 is 10.3 Å². The first kappa shape index (κ1) is 23.4. The van der Waals surface area contributed by atoms with Gasteiger partial charge in [0.05, 0.1) is 24.0 Å². The van der Waals surface area contributed by atoms with Gasteiger partial charge in [-0.25, -0.2) is 4.98 Å². The van der Waals surface area contributed by atoms with Crippen LogP contribution in [0.5, 0.6) is 5.75 Å². The average molecular weight is 498 g/mol. The quantitative estimate of drug-likeness (QED) is 0.493. The second kappa shape index (κ2) is 10.5. The predicted molar refractivity (Wildman–Crippen MR) is 139 cm³/mol. The molecule has 1 aromatic carbocycles. The summed E-state index contributed by atoms with van der Waals surface area (Å²) in [5, 5.41) is 0.789. The maximum Gasteiger partial charge on any atom is 0.259 e. The number of methoxy groups -OCH3 is 1. The second-order valence-corrected chi connectivity index (χ2v) is 11.3. The van der Waals surface area contributed by atoms with E-state index in [0.29, 0.717) is 23.2 Å². The SMILES string of the molecule is COc1ccc(CCC2CCN(C(=O)CSCc3nc4sc5c(c4c(=O)[nH]3)CCC5)CC2)cc1. The molecule has 2 aliphatic rings. The molecule has 34 heavy (non-hydrogen) atoms. The Morgan fingerprint density at radius 2 is 2.03 bits per heavy atom. The number of amides is 1. The number of piperidine rings is 1. The van der Waals surface area contributed by atoms with Crippen molar-refractivity contribution in [3.05, 3.63) is 56.4 Å². The van der Waals surface area contributed by atoms with Crippen molar-refractivity contribution in [1.82, 2.24) is 14.9 Å². The first-order valence-electron chi connectivity index (χ1n) is 12.1. The lowest BCUT2D eigenvalue weighted by Crippen LogP contribution is -2.39. The highest BCUT2D eigenvalue weighted by Gasteiger charge is 2.23. The molecular formula is C26H31N3O3S2. The van der Waals surface area contributed by atoms with Gasteiger partial charge >= 0.3 is 0 Å². The number of aryl methyl sites for hydroxylation is 3. The van der Waals surface area contributed by atoms with Crippen molar-refractivity contribution in [3.8, 4) is 5.75 Å². The molecule has 1 amide bonds. The van der Waals surface area contributed by atoms with E-state index in [4.69, 9.17) is 4.74 Å². The van der Waals surface area contributed by atoms with Gasteiger partial charge in [-0.05, 0) is 74.1 Å². The number of hydrogen-bond acceptors (Lipinski definition) is 6.